The molecule has 2 aromatic rings. The molecule has 0 spiro atoms. The van der Waals surface area contributed by atoms with Crippen molar-refractivity contribution in [2.24, 2.45) is 0 Å². The molecule has 0 atom stereocenters. The van der Waals surface area contributed by atoms with Crippen LogP contribution in [0.1, 0.15) is 23.2 Å². The summed E-state index contributed by atoms with van der Waals surface area (Å²) in [5, 5.41) is 9.07. The van der Waals surface area contributed by atoms with Crippen LogP contribution in [0.2, 0.25) is 0 Å². The van der Waals surface area contributed by atoms with Gasteiger partial charge in [0.2, 0.25) is 0 Å². The first-order chi connectivity index (χ1) is 10.1. The second kappa shape index (κ2) is 7.08. The van der Waals surface area contributed by atoms with E-state index in [0.29, 0.717) is 28.6 Å². The van der Waals surface area contributed by atoms with Gasteiger partial charge in [0.05, 0.1) is 6.42 Å². The molecule has 0 bridgehead atoms. The molecular weight excluding hydrogens is 288 g/mol. The molecule has 5 nitrogen and oxygen atoms in total. The molecule has 0 aliphatic heterocycles. The van der Waals surface area contributed by atoms with Crippen molar-refractivity contribution in [1.82, 2.24) is 9.97 Å². The van der Waals surface area contributed by atoms with Gasteiger partial charge in [-0.2, -0.15) is 0 Å². The summed E-state index contributed by atoms with van der Waals surface area (Å²) in [7, 11) is 0. The summed E-state index contributed by atoms with van der Waals surface area (Å²) in [4.78, 5) is 29.7. The van der Waals surface area contributed by atoms with E-state index in [9.17, 15) is 9.59 Å². The van der Waals surface area contributed by atoms with E-state index < -0.39 is 5.97 Å². The van der Waals surface area contributed by atoms with Gasteiger partial charge in [0, 0.05) is 23.4 Å². The minimum Gasteiger partial charge on any atom is -0.481 e. The van der Waals surface area contributed by atoms with Crippen LogP contribution in [0.25, 0.3) is 0 Å². The molecule has 1 aromatic heterocycles. The first kappa shape index (κ1) is 15.3. The van der Waals surface area contributed by atoms with E-state index in [1.165, 1.54) is 11.8 Å². The maximum Gasteiger partial charge on any atom is 0.304 e. The fraction of sp³-hybridized carbons (Fsp3) is 0.267. The Bertz CT molecular complexity index is 683. The van der Waals surface area contributed by atoms with Crippen molar-refractivity contribution in [2.75, 3.05) is 5.75 Å². The van der Waals surface area contributed by atoms with Gasteiger partial charge in [0.15, 0.2) is 5.16 Å². The van der Waals surface area contributed by atoms with Crippen molar-refractivity contribution in [3.8, 4) is 0 Å². The third kappa shape index (κ3) is 4.46. The summed E-state index contributed by atoms with van der Waals surface area (Å²) < 4.78 is 0. The van der Waals surface area contributed by atoms with Crippen molar-refractivity contribution in [2.45, 2.75) is 24.9 Å². The van der Waals surface area contributed by atoms with Crippen LogP contribution in [0.5, 0.6) is 0 Å². The van der Waals surface area contributed by atoms with Crippen LogP contribution in [0.15, 0.2) is 40.3 Å². The van der Waals surface area contributed by atoms with Gasteiger partial charge < -0.3 is 10.1 Å². The Hall–Kier alpha value is -2.08. The molecular formula is C15H16N2O3S. The van der Waals surface area contributed by atoms with Crippen LogP contribution in [0, 0.1) is 6.92 Å². The van der Waals surface area contributed by atoms with Gasteiger partial charge in [-0.3, -0.25) is 9.59 Å². The number of hydrogen-bond acceptors (Lipinski definition) is 4. The van der Waals surface area contributed by atoms with E-state index in [1.54, 1.807) is 6.92 Å². The number of carbonyl (C=O) groups is 1. The van der Waals surface area contributed by atoms with Crippen LogP contribution >= 0.6 is 11.8 Å². The molecule has 1 heterocycles. The monoisotopic (exact) mass is 304 g/mol. The minimum atomic E-state index is -0.859. The number of thioether (sulfide) groups is 1. The van der Waals surface area contributed by atoms with E-state index in [1.807, 2.05) is 30.3 Å². The molecule has 0 saturated heterocycles. The number of carboxylic acid groups (broad SMARTS) is 1. The molecule has 2 rings (SSSR count). The smallest absolute Gasteiger partial charge is 0.304 e. The number of carboxylic acids is 1. The van der Waals surface area contributed by atoms with Gasteiger partial charge in [0.25, 0.3) is 5.56 Å². The summed E-state index contributed by atoms with van der Waals surface area (Å²) in [6.45, 7) is 1.80. The SMILES string of the molecule is Cc1nc(SCCC(=O)O)[nH]c(=O)c1Cc1ccccc1. The molecule has 6 heteroatoms. The minimum absolute atomic E-state index is 0.0409. The first-order valence-corrected chi connectivity index (χ1v) is 7.53. The molecule has 0 radical (unpaired) electrons. The van der Waals surface area contributed by atoms with Crippen LogP contribution in [0.3, 0.4) is 0 Å². The number of aromatic amines is 1. The molecule has 21 heavy (non-hydrogen) atoms. The number of rotatable bonds is 6. The largest absolute Gasteiger partial charge is 0.481 e. The lowest BCUT2D eigenvalue weighted by molar-refractivity contribution is -0.136. The Kier molecular flexibility index (Phi) is 5.16. The number of hydrogen-bond donors (Lipinski definition) is 2. The summed E-state index contributed by atoms with van der Waals surface area (Å²) in [5.74, 6) is -0.474. The Morgan fingerprint density at radius 3 is 2.67 bits per heavy atom. The quantitative estimate of drug-likeness (QED) is 0.631. The van der Waals surface area contributed by atoms with Crippen LogP contribution in [-0.2, 0) is 11.2 Å². The van der Waals surface area contributed by atoms with Gasteiger partial charge in [-0.25, -0.2) is 4.98 Å². The molecule has 0 aliphatic rings. The van der Waals surface area contributed by atoms with Gasteiger partial charge >= 0.3 is 5.97 Å². The van der Waals surface area contributed by atoms with Gasteiger partial charge in [-0.1, -0.05) is 42.1 Å². The number of H-pyrrole nitrogens is 1. The number of nitrogens with one attached hydrogen (secondary N) is 1. The highest BCUT2D eigenvalue weighted by atomic mass is 32.2. The third-order valence-electron chi connectivity index (χ3n) is 2.98. The Balaban J connectivity index is 2.14. The van der Waals surface area contributed by atoms with Crippen LogP contribution < -0.4 is 5.56 Å². The second-order valence-electron chi connectivity index (χ2n) is 4.59. The number of aromatic nitrogens is 2. The van der Waals surface area contributed by atoms with Crippen molar-refractivity contribution in [1.29, 1.82) is 0 Å². The second-order valence-corrected chi connectivity index (χ2v) is 5.67. The molecule has 0 amide bonds. The van der Waals surface area contributed by atoms with Crippen molar-refractivity contribution < 1.29 is 9.90 Å². The normalized spacial score (nSPS) is 10.5. The van der Waals surface area contributed by atoms with E-state index >= 15 is 0 Å². The van der Waals surface area contributed by atoms with Crippen molar-refractivity contribution >= 4 is 17.7 Å². The van der Waals surface area contributed by atoms with E-state index in [-0.39, 0.29) is 12.0 Å². The summed E-state index contributed by atoms with van der Waals surface area (Å²) in [6.07, 6.45) is 0.578. The lowest BCUT2D eigenvalue weighted by Gasteiger charge is -2.07. The molecule has 110 valence electrons. The van der Waals surface area contributed by atoms with Crippen molar-refractivity contribution in [3.63, 3.8) is 0 Å². The molecule has 0 saturated carbocycles. The zero-order valence-electron chi connectivity index (χ0n) is 11.6. The highest BCUT2D eigenvalue weighted by Gasteiger charge is 2.09. The topological polar surface area (TPSA) is 83.0 Å². The lowest BCUT2D eigenvalue weighted by Crippen LogP contribution is -2.17. The predicted molar refractivity (Wildman–Crippen MR) is 81.8 cm³/mol. The van der Waals surface area contributed by atoms with Crippen LogP contribution in [0.4, 0.5) is 0 Å². The number of aliphatic carboxylic acids is 1. The first-order valence-electron chi connectivity index (χ1n) is 6.54. The lowest BCUT2D eigenvalue weighted by atomic mass is 10.1. The molecule has 2 N–H and O–H groups in total. The average Bonchev–Trinajstić information content (AvgIpc) is 2.44. The molecule has 1 aromatic carbocycles. The van der Waals surface area contributed by atoms with Crippen LogP contribution in [-0.4, -0.2) is 26.8 Å². The van der Waals surface area contributed by atoms with Gasteiger partial charge in [-0.05, 0) is 12.5 Å². The summed E-state index contributed by atoms with van der Waals surface area (Å²) in [6, 6.07) is 9.73. The summed E-state index contributed by atoms with van der Waals surface area (Å²) >= 11 is 1.24. The zero-order valence-corrected chi connectivity index (χ0v) is 12.4. The Morgan fingerprint density at radius 1 is 1.33 bits per heavy atom. The van der Waals surface area contributed by atoms with E-state index in [4.69, 9.17) is 5.11 Å². The standard InChI is InChI=1S/C15H16N2O3S/c1-10-12(9-11-5-3-2-4-6-11)14(20)17-15(16-10)21-8-7-13(18)19/h2-6H,7-9H2,1H3,(H,18,19)(H,16,17,20). The average molecular weight is 304 g/mol. The Labute approximate surface area is 126 Å². The van der Waals surface area contributed by atoms with Gasteiger partial charge in [0.1, 0.15) is 0 Å². The fourth-order valence-electron chi connectivity index (χ4n) is 1.90. The third-order valence-corrected chi connectivity index (χ3v) is 3.85. The predicted octanol–water partition coefficient (Wildman–Crippen LogP) is 2.24. The highest BCUT2D eigenvalue weighted by Crippen LogP contribution is 2.15. The number of aryl methyl sites for hydroxylation is 1. The molecule has 0 aliphatic carbocycles. The maximum atomic E-state index is 12.1. The van der Waals surface area contributed by atoms with Crippen molar-refractivity contribution in [3.05, 3.63) is 57.5 Å². The highest BCUT2D eigenvalue weighted by molar-refractivity contribution is 7.99. The van der Waals surface area contributed by atoms with E-state index in [2.05, 4.69) is 9.97 Å². The Morgan fingerprint density at radius 2 is 2.05 bits per heavy atom. The molecule has 0 fully saturated rings. The number of benzene rings is 1. The zero-order chi connectivity index (χ0) is 15.2. The number of nitrogens with zero attached hydrogens (tertiary/aromatic N) is 1. The maximum absolute atomic E-state index is 12.1. The summed E-state index contributed by atoms with van der Waals surface area (Å²) in [5.41, 5.74) is 2.22. The molecule has 0 unspecified atom stereocenters. The van der Waals surface area contributed by atoms with Gasteiger partial charge in [-0.15, -0.1) is 0 Å². The fourth-order valence-corrected chi connectivity index (χ4v) is 2.73. The van der Waals surface area contributed by atoms with E-state index in [0.717, 1.165) is 5.56 Å².